The molecular formula is C9H10BrN3S. The lowest BCUT2D eigenvalue weighted by atomic mass is 10.4. The summed E-state index contributed by atoms with van der Waals surface area (Å²) in [6, 6.07) is 4.08. The number of rotatable bonds is 3. The summed E-state index contributed by atoms with van der Waals surface area (Å²) in [5.74, 6) is 0.928. The van der Waals surface area contributed by atoms with Gasteiger partial charge in [-0.15, -0.1) is 11.3 Å². The molecule has 3 nitrogen and oxygen atoms in total. The van der Waals surface area contributed by atoms with E-state index in [0.29, 0.717) is 0 Å². The van der Waals surface area contributed by atoms with Crippen LogP contribution in [0, 0.1) is 0 Å². The van der Waals surface area contributed by atoms with E-state index in [2.05, 4.69) is 37.3 Å². The standard InChI is InChI=1S/C9H10BrN3S/c1-11-5-6-8(10)13-9(12-6)7-3-2-4-14-7/h2-4,11H,5H2,1H3,(H,12,13). The van der Waals surface area contributed by atoms with Crippen LogP contribution in [0.15, 0.2) is 22.1 Å². The van der Waals surface area contributed by atoms with E-state index in [4.69, 9.17) is 0 Å². The summed E-state index contributed by atoms with van der Waals surface area (Å²) < 4.78 is 0.884. The van der Waals surface area contributed by atoms with E-state index in [0.717, 1.165) is 27.5 Å². The molecule has 0 radical (unpaired) electrons. The fourth-order valence-corrected chi connectivity index (χ4v) is 2.30. The van der Waals surface area contributed by atoms with E-state index in [9.17, 15) is 0 Å². The van der Waals surface area contributed by atoms with Crippen LogP contribution in [0.3, 0.4) is 0 Å². The average molecular weight is 272 g/mol. The molecule has 0 bridgehead atoms. The summed E-state index contributed by atoms with van der Waals surface area (Å²) in [6.45, 7) is 0.791. The highest BCUT2D eigenvalue weighted by Crippen LogP contribution is 2.25. The van der Waals surface area contributed by atoms with Crippen molar-refractivity contribution in [3.63, 3.8) is 0 Å². The minimum absolute atomic E-state index is 0.791. The molecule has 0 aliphatic rings. The molecule has 2 N–H and O–H groups in total. The molecule has 0 saturated carbocycles. The molecule has 0 aliphatic carbocycles. The summed E-state index contributed by atoms with van der Waals surface area (Å²) in [4.78, 5) is 8.84. The second-order valence-electron chi connectivity index (χ2n) is 2.86. The first-order valence-corrected chi connectivity index (χ1v) is 5.91. The molecule has 14 heavy (non-hydrogen) atoms. The van der Waals surface area contributed by atoms with Gasteiger partial charge in [-0.2, -0.15) is 0 Å². The van der Waals surface area contributed by atoms with E-state index in [1.807, 2.05) is 18.5 Å². The number of nitrogens with one attached hydrogen (secondary N) is 2. The van der Waals surface area contributed by atoms with Crippen molar-refractivity contribution in [3.8, 4) is 10.7 Å². The maximum Gasteiger partial charge on any atom is 0.149 e. The Hall–Kier alpha value is -0.650. The Kier molecular flexibility index (Phi) is 3.00. The average Bonchev–Trinajstić information content (AvgIpc) is 2.76. The lowest BCUT2D eigenvalue weighted by molar-refractivity contribution is 0.793. The Labute approximate surface area is 94.7 Å². The van der Waals surface area contributed by atoms with Crippen LogP contribution >= 0.6 is 27.3 Å². The topological polar surface area (TPSA) is 40.7 Å². The predicted molar refractivity (Wildman–Crippen MR) is 62.4 cm³/mol. The summed E-state index contributed by atoms with van der Waals surface area (Å²) in [5.41, 5.74) is 1.08. The first-order valence-electron chi connectivity index (χ1n) is 4.24. The summed E-state index contributed by atoms with van der Waals surface area (Å²) in [6.07, 6.45) is 0. The van der Waals surface area contributed by atoms with Gasteiger partial charge in [0.2, 0.25) is 0 Å². The first-order chi connectivity index (χ1) is 6.81. The van der Waals surface area contributed by atoms with E-state index < -0.39 is 0 Å². The molecule has 2 aromatic heterocycles. The van der Waals surface area contributed by atoms with Crippen LogP contribution in [0.1, 0.15) is 5.69 Å². The van der Waals surface area contributed by atoms with Crippen LogP contribution in [0.25, 0.3) is 10.7 Å². The van der Waals surface area contributed by atoms with Gasteiger partial charge in [0.1, 0.15) is 10.4 Å². The zero-order valence-electron chi connectivity index (χ0n) is 7.67. The minimum atomic E-state index is 0.791. The maximum atomic E-state index is 4.40. The van der Waals surface area contributed by atoms with Crippen molar-refractivity contribution in [2.45, 2.75) is 6.54 Å². The molecule has 2 aromatic rings. The predicted octanol–water partition coefficient (Wildman–Crippen LogP) is 2.62. The monoisotopic (exact) mass is 271 g/mol. The van der Waals surface area contributed by atoms with E-state index >= 15 is 0 Å². The number of halogens is 1. The van der Waals surface area contributed by atoms with Gasteiger partial charge in [-0.1, -0.05) is 6.07 Å². The zero-order valence-corrected chi connectivity index (χ0v) is 10.1. The molecule has 0 spiro atoms. The highest BCUT2D eigenvalue weighted by molar-refractivity contribution is 9.10. The van der Waals surface area contributed by atoms with E-state index in [1.54, 1.807) is 11.3 Å². The van der Waals surface area contributed by atoms with Gasteiger partial charge in [-0.3, -0.25) is 0 Å². The van der Waals surface area contributed by atoms with Crippen molar-refractivity contribution >= 4 is 27.3 Å². The molecular weight excluding hydrogens is 262 g/mol. The molecule has 5 heteroatoms. The maximum absolute atomic E-state index is 4.40. The Bertz CT molecular complexity index is 408. The third kappa shape index (κ3) is 1.89. The molecule has 0 saturated heterocycles. The molecule has 0 unspecified atom stereocenters. The number of aromatic nitrogens is 2. The SMILES string of the molecule is CNCc1[nH]c(-c2cccs2)nc1Br. The summed E-state index contributed by atoms with van der Waals surface area (Å²) >= 11 is 5.11. The largest absolute Gasteiger partial charge is 0.339 e. The molecule has 2 heterocycles. The van der Waals surface area contributed by atoms with Gasteiger partial charge in [-0.25, -0.2) is 4.98 Å². The lowest BCUT2D eigenvalue weighted by Crippen LogP contribution is -2.05. The third-order valence-electron chi connectivity index (χ3n) is 1.84. The normalized spacial score (nSPS) is 10.7. The van der Waals surface area contributed by atoms with Crippen molar-refractivity contribution < 1.29 is 0 Å². The summed E-state index contributed by atoms with van der Waals surface area (Å²) in [7, 11) is 1.91. The molecule has 2 rings (SSSR count). The van der Waals surface area contributed by atoms with Crippen LogP contribution in [0.4, 0.5) is 0 Å². The molecule has 0 aliphatic heterocycles. The Morgan fingerprint density at radius 2 is 2.50 bits per heavy atom. The van der Waals surface area contributed by atoms with Gasteiger partial charge in [0, 0.05) is 6.54 Å². The highest BCUT2D eigenvalue weighted by atomic mass is 79.9. The number of hydrogen-bond acceptors (Lipinski definition) is 3. The van der Waals surface area contributed by atoms with Crippen molar-refractivity contribution in [1.82, 2.24) is 15.3 Å². The second-order valence-corrected chi connectivity index (χ2v) is 4.56. The molecule has 0 fully saturated rings. The van der Waals surface area contributed by atoms with Gasteiger partial charge in [-0.05, 0) is 34.4 Å². The van der Waals surface area contributed by atoms with Crippen LogP contribution in [0.2, 0.25) is 0 Å². The summed E-state index contributed by atoms with van der Waals surface area (Å²) in [5, 5.41) is 5.13. The first kappa shape index (κ1) is 9.89. The van der Waals surface area contributed by atoms with E-state index in [1.165, 1.54) is 0 Å². The van der Waals surface area contributed by atoms with Crippen LogP contribution < -0.4 is 5.32 Å². The molecule has 0 amide bonds. The molecule has 74 valence electrons. The van der Waals surface area contributed by atoms with Gasteiger partial charge < -0.3 is 10.3 Å². The van der Waals surface area contributed by atoms with Crippen LogP contribution in [-0.2, 0) is 6.54 Å². The van der Waals surface area contributed by atoms with Crippen molar-refractivity contribution in [2.75, 3.05) is 7.05 Å². The number of nitrogens with zero attached hydrogens (tertiary/aromatic N) is 1. The number of thiophene rings is 1. The lowest BCUT2D eigenvalue weighted by Gasteiger charge is -1.94. The molecule has 0 aromatic carbocycles. The minimum Gasteiger partial charge on any atom is -0.339 e. The Morgan fingerprint density at radius 1 is 1.64 bits per heavy atom. The number of imidazole rings is 1. The van der Waals surface area contributed by atoms with Crippen molar-refractivity contribution in [1.29, 1.82) is 0 Å². The van der Waals surface area contributed by atoms with E-state index in [-0.39, 0.29) is 0 Å². The van der Waals surface area contributed by atoms with Gasteiger partial charge in [0.15, 0.2) is 0 Å². The zero-order chi connectivity index (χ0) is 9.97. The van der Waals surface area contributed by atoms with Crippen LogP contribution in [0.5, 0.6) is 0 Å². The van der Waals surface area contributed by atoms with Gasteiger partial charge >= 0.3 is 0 Å². The fraction of sp³-hybridized carbons (Fsp3) is 0.222. The van der Waals surface area contributed by atoms with Gasteiger partial charge in [0.05, 0.1) is 10.6 Å². The van der Waals surface area contributed by atoms with Gasteiger partial charge in [0.25, 0.3) is 0 Å². The smallest absolute Gasteiger partial charge is 0.149 e. The van der Waals surface area contributed by atoms with Crippen LogP contribution in [-0.4, -0.2) is 17.0 Å². The Morgan fingerprint density at radius 3 is 3.14 bits per heavy atom. The number of aromatic amines is 1. The fourth-order valence-electron chi connectivity index (χ4n) is 1.21. The number of H-pyrrole nitrogens is 1. The van der Waals surface area contributed by atoms with Crippen molar-refractivity contribution in [3.05, 3.63) is 27.8 Å². The number of hydrogen-bond donors (Lipinski definition) is 2. The third-order valence-corrected chi connectivity index (χ3v) is 3.37. The van der Waals surface area contributed by atoms with Crippen molar-refractivity contribution in [2.24, 2.45) is 0 Å². The second kappa shape index (κ2) is 4.25. The quantitative estimate of drug-likeness (QED) is 0.901. The highest BCUT2D eigenvalue weighted by Gasteiger charge is 2.08. The Balaban J connectivity index is 2.33. The molecule has 0 atom stereocenters.